The summed E-state index contributed by atoms with van der Waals surface area (Å²) < 4.78 is 24.0. The molecule has 0 amide bonds. The van der Waals surface area contributed by atoms with Crippen LogP contribution in [0.2, 0.25) is 0 Å². The van der Waals surface area contributed by atoms with Crippen LogP contribution in [-0.2, 0) is 6.54 Å². The Bertz CT molecular complexity index is 683. The van der Waals surface area contributed by atoms with Gasteiger partial charge in [0.2, 0.25) is 0 Å². The monoisotopic (exact) mass is 287 g/mol. The molecule has 1 aromatic carbocycles. The molecule has 0 radical (unpaired) electrons. The molecule has 0 saturated carbocycles. The Morgan fingerprint density at radius 3 is 2.76 bits per heavy atom. The van der Waals surface area contributed by atoms with Crippen LogP contribution in [0.5, 0.6) is 11.5 Å². The zero-order valence-electron chi connectivity index (χ0n) is 11.7. The summed E-state index contributed by atoms with van der Waals surface area (Å²) in [5.41, 5.74) is 0.980. The van der Waals surface area contributed by atoms with E-state index in [2.05, 4.69) is 10.3 Å². The molecular formula is C15H14FN3O2. The minimum atomic E-state index is -0.562. The first-order valence-corrected chi connectivity index (χ1v) is 6.19. The van der Waals surface area contributed by atoms with Crippen LogP contribution in [0.1, 0.15) is 11.3 Å². The molecule has 2 aromatic rings. The molecule has 0 aliphatic rings. The lowest BCUT2D eigenvalue weighted by molar-refractivity contribution is 0.350. The number of hydrogen-bond acceptors (Lipinski definition) is 5. The molecule has 1 heterocycles. The molecule has 0 aliphatic heterocycles. The Balaban J connectivity index is 2.25. The molecule has 0 fully saturated rings. The highest BCUT2D eigenvalue weighted by Gasteiger charge is 2.12. The summed E-state index contributed by atoms with van der Waals surface area (Å²) in [6, 6.07) is 7.94. The van der Waals surface area contributed by atoms with Crippen molar-refractivity contribution >= 4 is 5.69 Å². The Kier molecular flexibility index (Phi) is 4.57. The minimum absolute atomic E-state index is 0.0284. The first kappa shape index (κ1) is 14.6. The van der Waals surface area contributed by atoms with Gasteiger partial charge >= 0.3 is 0 Å². The van der Waals surface area contributed by atoms with Gasteiger partial charge in [-0.3, -0.25) is 4.98 Å². The van der Waals surface area contributed by atoms with Crippen molar-refractivity contribution < 1.29 is 13.9 Å². The predicted molar refractivity (Wildman–Crippen MR) is 75.8 cm³/mol. The fourth-order valence-electron chi connectivity index (χ4n) is 1.94. The predicted octanol–water partition coefficient (Wildman–Crippen LogP) is 2.72. The van der Waals surface area contributed by atoms with Gasteiger partial charge in [-0.1, -0.05) is 6.07 Å². The number of aromatic nitrogens is 1. The average Bonchev–Trinajstić information content (AvgIpc) is 2.52. The van der Waals surface area contributed by atoms with E-state index in [1.54, 1.807) is 18.3 Å². The maximum absolute atomic E-state index is 13.5. The molecule has 0 aliphatic carbocycles. The number of methoxy groups -OCH3 is 2. The van der Waals surface area contributed by atoms with Crippen molar-refractivity contribution in [1.29, 1.82) is 5.26 Å². The van der Waals surface area contributed by atoms with Crippen molar-refractivity contribution in [3.8, 4) is 17.6 Å². The van der Waals surface area contributed by atoms with Crippen LogP contribution in [0.3, 0.4) is 0 Å². The molecule has 2 rings (SSSR count). The summed E-state index contributed by atoms with van der Waals surface area (Å²) in [4.78, 5) is 4.21. The van der Waals surface area contributed by atoms with Gasteiger partial charge in [-0.25, -0.2) is 4.39 Å². The third kappa shape index (κ3) is 3.03. The van der Waals surface area contributed by atoms with Gasteiger partial charge in [-0.2, -0.15) is 5.26 Å². The lowest BCUT2D eigenvalue weighted by Gasteiger charge is -2.13. The summed E-state index contributed by atoms with van der Waals surface area (Å²) in [6.45, 7) is 0.276. The SMILES string of the molecule is COc1ccnc(CNc2cccc(F)c2C#N)c1OC. The molecule has 0 spiro atoms. The molecule has 21 heavy (non-hydrogen) atoms. The van der Waals surface area contributed by atoms with Crippen molar-refractivity contribution in [2.24, 2.45) is 0 Å². The fraction of sp³-hybridized carbons (Fsp3) is 0.200. The highest BCUT2D eigenvalue weighted by atomic mass is 19.1. The molecule has 5 nitrogen and oxygen atoms in total. The first-order chi connectivity index (χ1) is 10.2. The Labute approximate surface area is 122 Å². The van der Waals surface area contributed by atoms with Crippen LogP contribution in [0.4, 0.5) is 10.1 Å². The van der Waals surface area contributed by atoms with Crippen molar-refractivity contribution in [2.45, 2.75) is 6.54 Å². The van der Waals surface area contributed by atoms with Crippen LogP contribution in [0, 0.1) is 17.1 Å². The second kappa shape index (κ2) is 6.57. The van der Waals surface area contributed by atoms with Crippen LogP contribution < -0.4 is 14.8 Å². The largest absolute Gasteiger partial charge is 0.493 e. The fourth-order valence-corrected chi connectivity index (χ4v) is 1.94. The summed E-state index contributed by atoms with van der Waals surface area (Å²) in [7, 11) is 3.06. The number of anilines is 1. The van der Waals surface area contributed by atoms with E-state index < -0.39 is 5.82 Å². The second-order valence-corrected chi connectivity index (χ2v) is 4.12. The molecule has 108 valence electrons. The van der Waals surface area contributed by atoms with Gasteiger partial charge in [0.15, 0.2) is 11.5 Å². The lowest BCUT2D eigenvalue weighted by atomic mass is 10.2. The number of nitriles is 1. The van der Waals surface area contributed by atoms with Gasteiger partial charge in [0.05, 0.1) is 26.5 Å². The van der Waals surface area contributed by atoms with Crippen LogP contribution in [-0.4, -0.2) is 19.2 Å². The third-order valence-electron chi connectivity index (χ3n) is 2.94. The molecule has 0 bridgehead atoms. The van der Waals surface area contributed by atoms with Gasteiger partial charge in [-0.05, 0) is 12.1 Å². The third-order valence-corrected chi connectivity index (χ3v) is 2.94. The summed E-state index contributed by atoms with van der Waals surface area (Å²) in [5, 5.41) is 12.0. The van der Waals surface area contributed by atoms with Gasteiger partial charge in [0.25, 0.3) is 0 Å². The van der Waals surface area contributed by atoms with Crippen molar-refractivity contribution in [3.63, 3.8) is 0 Å². The number of nitrogens with one attached hydrogen (secondary N) is 1. The highest BCUT2D eigenvalue weighted by Crippen LogP contribution is 2.29. The Hall–Kier alpha value is -2.81. The zero-order valence-corrected chi connectivity index (χ0v) is 11.7. The van der Waals surface area contributed by atoms with Crippen molar-refractivity contribution in [1.82, 2.24) is 4.98 Å². The van der Waals surface area contributed by atoms with Crippen LogP contribution in [0.25, 0.3) is 0 Å². The van der Waals surface area contributed by atoms with Crippen LogP contribution >= 0.6 is 0 Å². The van der Waals surface area contributed by atoms with E-state index in [4.69, 9.17) is 14.7 Å². The molecular weight excluding hydrogens is 273 g/mol. The van der Waals surface area contributed by atoms with Crippen molar-refractivity contribution in [3.05, 3.63) is 47.5 Å². The van der Waals surface area contributed by atoms with Gasteiger partial charge in [0.1, 0.15) is 23.1 Å². The van der Waals surface area contributed by atoms with Gasteiger partial charge < -0.3 is 14.8 Å². The Morgan fingerprint density at radius 1 is 1.29 bits per heavy atom. The van der Waals surface area contributed by atoms with E-state index in [1.165, 1.54) is 26.4 Å². The van der Waals surface area contributed by atoms with Crippen LogP contribution in [0.15, 0.2) is 30.5 Å². The maximum Gasteiger partial charge on any atom is 0.184 e. The first-order valence-electron chi connectivity index (χ1n) is 6.19. The molecule has 0 saturated heterocycles. The van der Waals surface area contributed by atoms with E-state index in [0.29, 0.717) is 22.9 Å². The van der Waals surface area contributed by atoms with Crippen molar-refractivity contribution in [2.75, 3.05) is 19.5 Å². The normalized spacial score (nSPS) is 9.81. The quantitative estimate of drug-likeness (QED) is 0.915. The smallest absolute Gasteiger partial charge is 0.184 e. The standard InChI is InChI=1S/C15H14FN3O2/c1-20-14-6-7-18-13(15(14)21-2)9-19-12-5-3-4-11(16)10(12)8-17/h3-7,19H,9H2,1-2H3. The van der Waals surface area contributed by atoms with Gasteiger partial charge in [-0.15, -0.1) is 0 Å². The lowest BCUT2D eigenvalue weighted by Crippen LogP contribution is -2.06. The molecule has 1 N–H and O–H groups in total. The molecule has 6 heteroatoms. The highest BCUT2D eigenvalue weighted by molar-refractivity contribution is 5.58. The van der Waals surface area contributed by atoms with E-state index in [9.17, 15) is 4.39 Å². The second-order valence-electron chi connectivity index (χ2n) is 4.12. The van der Waals surface area contributed by atoms with E-state index >= 15 is 0 Å². The topological polar surface area (TPSA) is 67.2 Å². The van der Waals surface area contributed by atoms with E-state index in [1.807, 2.05) is 6.07 Å². The van der Waals surface area contributed by atoms with E-state index in [0.717, 1.165) is 0 Å². The molecule has 1 aromatic heterocycles. The molecule has 0 unspecified atom stereocenters. The zero-order chi connectivity index (χ0) is 15.2. The number of benzene rings is 1. The number of pyridine rings is 1. The number of ether oxygens (including phenoxy) is 2. The summed E-state index contributed by atoms with van der Waals surface area (Å²) in [5.74, 6) is 0.500. The number of nitrogens with zero attached hydrogens (tertiary/aromatic N) is 2. The molecule has 0 atom stereocenters. The van der Waals surface area contributed by atoms with E-state index in [-0.39, 0.29) is 12.1 Å². The minimum Gasteiger partial charge on any atom is -0.493 e. The average molecular weight is 287 g/mol. The number of rotatable bonds is 5. The Morgan fingerprint density at radius 2 is 2.10 bits per heavy atom. The number of hydrogen-bond donors (Lipinski definition) is 1. The summed E-state index contributed by atoms with van der Waals surface area (Å²) in [6.07, 6.45) is 1.59. The number of halogens is 1. The summed E-state index contributed by atoms with van der Waals surface area (Å²) >= 11 is 0. The maximum atomic E-state index is 13.5. The van der Waals surface area contributed by atoms with Gasteiger partial charge in [0, 0.05) is 12.3 Å².